The zero-order valence-electron chi connectivity index (χ0n) is 5.48. The molecule has 0 saturated carbocycles. The monoisotopic (exact) mass is 171 g/mol. The Morgan fingerprint density at radius 1 is 1.50 bits per heavy atom. The average molecular weight is 171 g/mol. The van der Waals surface area contributed by atoms with E-state index in [1.165, 1.54) is 0 Å². The Morgan fingerprint density at radius 2 is 2.00 bits per heavy atom. The van der Waals surface area contributed by atoms with Crippen LogP contribution in [0.15, 0.2) is 5.16 Å². The van der Waals surface area contributed by atoms with Crippen molar-refractivity contribution >= 4 is 14.3 Å². The molecular formula is C3H7FNO4P. The second kappa shape index (κ2) is 4.38. The lowest BCUT2D eigenvalue weighted by Gasteiger charge is -2.07. The molecule has 0 N–H and O–H groups in total. The quantitative estimate of drug-likeness (QED) is 0.363. The molecule has 0 fully saturated rings. The van der Waals surface area contributed by atoms with Crippen molar-refractivity contribution in [3.05, 3.63) is 0 Å². The van der Waals surface area contributed by atoms with E-state index in [-0.39, 0.29) is 6.47 Å². The van der Waals surface area contributed by atoms with E-state index in [4.69, 9.17) is 0 Å². The molecule has 5 nitrogen and oxygen atoms in total. The number of phosphoric acid groups is 1. The number of rotatable bonds is 4. The number of hydrogen-bond donors (Lipinski definition) is 0. The first-order valence-electron chi connectivity index (χ1n) is 2.21. The van der Waals surface area contributed by atoms with Gasteiger partial charge in [-0.05, 0) is 0 Å². The first-order valence-corrected chi connectivity index (χ1v) is 3.67. The van der Waals surface area contributed by atoms with Crippen molar-refractivity contribution in [2.24, 2.45) is 5.16 Å². The van der Waals surface area contributed by atoms with Crippen molar-refractivity contribution in [3.63, 3.8) is 0 Å². The topological polar surface area (TPSA) is 57.1 Å². The molecule has 0 rings (SSSR count). The van der Waals surface area contributed by atoms with Crippen LogP contribution in [0.3, 0.4) is 0 Å². The van der Waals surface area contributed by atoms with E-state index in [0.717, 1.165) is 14.2 Å². The SMILES string of the molecule is COP(=O)(OC)O/N=C/F. The molecule has 0 amide bonds. The molecule has 0 aromatic heterocycles. The van der Waals surface area contributed by atoms with Crippen LogP contribution in [0.4, 0.5) is 4.39 Å². The van der Waals surface area contributed by atoms with Crippen molar-refractivity contribution in [1.29, 1.82) is 0 Å². The van der Waals surface area contributed by atoms with E-state index >= 15 is 0 Å². The third kappa shape index (κ3) is 2.91. The van der Waals surface area contributed by atoms with Crippen LogP contribution in [0.25, 0.3) is 0 Å². The molecule has 0 aliphatic rings. The van der Waals surface area contributed by atoms with Crippen LogP contribution in [0, 0.1) is 0 Å². The molecule has 60 valence electrons. The first-order chi connectivity index (χ1) is 4.68. The van der Waals surface area contributed by atoms with Gasteiger partial charge in [0.2, 0.25) is 6.47 Å². The summed E-state index contributed by atoms with van der Waals surface area (Å²) in [6.45, 7) is -0.162. The van der Waals surface area contributed by atoms with Gasteiger partial charge in [-0.3, -0.25) is 13.7 Å². The molecule has 0 bridgehead atoms. The van der Waals surface area contributed by atoms with Gasteiger partial charge < -0.3 is 0 Å². The van der Waals surface area contributed by atoms with E-state index in [1.807, 2.05) is 0 Å². The highest BCUT2D eigenvalue weighted by Gasteiger charge is 2.23. The summed E-state index contributed by atoms with van der Waals surface area (Å²) in [7, 11) is -1.45. The van der Waals surface area contributed by atoms with Gasteiger partial charge in [-0.2, -0.15) is 4.39 Å². The lowest BCUT2D eigenvalue weighted by Crippen LogP contribution is -1.88. The van der Waals surface area contributed by atoms with Crippen molar-refractivity contribution < 1.29 is 22.6 Å². The molecule has 0 atom stereocenters. The molecular weight excluding hydrogens is 164 g/mol. The summed E-state index contributed by atoms with van der Waals surface area (Å²) in [5.74, 6) is 0. The third-order valence-electron chi connectivity index (χ3n) is 0.634. The van der Waals surface area contributed by atoms with E-state index in [0.29, 0.717) is 0 Å². The van der Waals surface area contributed by atoms with Crippen molar-refractivity contribution in [2.45, 2.75) is 0 Å². The largest absolute Gasteiger partial charge is 0.550 e. The minimum atomic E-state index is -3.64. The average Bonchev–Trinajstić information content (AvgIpc) is 2.00. The number of oxime groups is 1. The summed E-state index contributed by atoms with van der Waals surface area (Å²) in [6, 6.07) is 0. The van der Waals surface area contributed by atoms with Gasteiger partial charge in [-0.1, -0.05) is 5.16 Å². The predicted molar refractivity (Wildman–Crippen MR) is 32.3 cm³/mol. The highest BCUT2D eigenvalue weighted by atomic mass is 31.2. The van der Waals surface area contributed by atoms with Crippen LogP contribution in [-0.2, 0) is 18.2 Å². The second-order valence-electron chi connectivity index (χ2n) is 1.10. The summed E-state index contributed by atoms with van der Waals surface area (Å²) in [6.07, 6.45) is 0. The van der Waals surface area contributed by atoms with Gasteiger partial charge in [0.05, 0.1) is 0 Å². The number of hydrogen-bond acceptors (Lipinski definition) is 5. The standard InChI is InChI=1S/C3H7FNO4P/c1-7-10(6,8-2)9-5-3-4/h3H,1-2H3/b5-3+. The fraction of sp³-hybridized carbons (Fsp3) is 0.667. The van der Waals surface area contributed by atoms with Crippen LogP contribution >= 0.6 is 7.82 Å². The van der Waals surface area contributed by atoms with Gasteiger partial charge in [-0.15, -0.1) is 0 Å². The maximum atomic E-state index is 11.1. The number of nitrogens with zero attached hydrogens (tertiary/aromatic N) is 1. The molecule has 0 aromatic rings. The Hall–Kier alpha value is -0.450. The maximum Gasteiger partial charge on any atom is 0.550 e. The zero-order valence-corrected chi connectivity index (χ0v) is 6.38. The maximum absolute atomic E-state index is 11.1. The summed E-state index contributed by atoms with van der Waals surface area (Å²) in [4.78, 5) is 0. The second-order valence-corrected chi connectivity index (χ2v) is 2.89. The molecule has 0 heterocycles. The van der Waals surface area contributed by atoms with Crippen LogP contribution in [-0.4, -0.2) is 20.7 Å². The molecule has 0 aliphatic heterocycles. The van der Waals surface area contributed by atoms with Crippen molar-refractivity contribution in [3.8, 4) is 0 Å². The molecule has 10 heavy (non-hydrogen) atoms. The van der Waals surface area contributed by atoms with E-state index in [2.05, 4.69) is 18.8 Å². The molecule has 0 radical (unpaired) electrons. The minimum absolute atomic E-state index is 0.162. The highest BCUT2D eigenvalue weighted by Crippen LogP contribution is 2.47. The fourth-order valence-electron chi connectivity index (χ4n) is 0.217. The predicted octanol–water partition coefficient (Wildman–Crippen LogP) is 1.32. The van der Waals surface area contributed by atoms with Crippen LogP contribution in [0.5, 0.6) is 0 Å². The van der Waals surface area contributed by atoms with Crippen LogP contribution in [0.2, 0.25) is 0 Å². The highest BCUT2D eigenvalue weighted by molar-refractivity contribution is 7.48. The molecule has 0 aromatic carbocycles. The van der Waals surface area contributed by atoms with Gasteiger partial charge in [0.1, 0.15) is 0 Å². The van der Waals surface area contributed by atoms with Crippen molar-refractivity contribution in [1.82, 2.24) is 0 Å². The smallest absolute Gasteiger partial charge is 0.290 e. The molecule has 0 spiro atoms. The Kier molecular flexibility index (Phi) is 4.18. The normalized spacial score (nSPS) is 12.3. The lowest BCUT2D eigenvalue weighted by atomic mass is 11.6. The lowest BCUT2D eigenvalue weighted by molar-refractivity contribution is 0.156. The summed E-state index contributed by atoms with van der Waals surface area (Å²) in [5, 5.41) is 2.58. The molecule has 0 aliphatic carbocycles. The van der Waals surface area contributed by atoms with E-state index in [1.54, 1.807) is 0 Å². The molecule has 0 saturated heterocycles. The zero-order chi connectivity index (χ0) is 8.04. The first kappa shape index (κ1) is 9.55. The fourth-order valence-corrected chi connectivity index (χ4v) is 0.650. The van der Waals surface area contributed by atoms with Gasteiger partial charge in [-0.25, -0.2) is 4.57 Å². The van der Waals surface area contributed by atoms with Gasteiger partial charge in [0.15, 0.2) is 0 Å². The van der Waals surface area contributed by atoms with E-state index < -0.39 is 7.82 Å². The molecule has 0 unspecified atom stereocenters. The van der Waals surface area contributed by atoms with Gasteiger partial charge >= 0.3 is 7.82 Å². The molecule has 7 heteroatoms. The Balaban J connectivity index is 3.94. The van der Waals surface area contributed by atoms with Crippen molar-refractivity contribution in [2.75, 3.05) is 14.2 Å². The summed E-state index contributed by atoms with van der Waals surface area (Å²) < 4.78 is 34.3. The Bertz CT molecular complexity index is 153. The van der Waals surface area contributed by atoms with Crippen LogP contribution in [0.1, 0.15) is 0 Å². The Labute approximate surface area is 57.4 Å². The number of halogens is 1. The summed E-state index contributed by atoms with van der Waals surface area (Å²) >= 11 is 0. The van der Waals surface area contributed by atoms with E-state index in [9.17, 15) is 8.96 Å². The van der Waals surface area contributed by atoms with Gasteiger partial charge in [0.25, 0.3) is 0 Å². The Morgan fingerprint density at radius 3 is 2.30 bits per heavy atom. The van der Waals surface area contributed by atoms with Gasteiger partial charge in [0, 0.05) is 14.2 Å². The number of phosphoric ester groups is 1. The minimum Gasteiger partial charge on any atom is -0.290 e. The summed E-state index contributed by atoms with van der Waals surface area (Å²) in [5.41, 5.74) is 0. The van der Waals surface area contributed by atoms with Crippen LogP contribution < -0.4 is 0 Å². The third-order valence-corrected chi connectivity index (χ3v) is 1.82.